The van der Waals surface area contributed by atoms with Crippen LogP contribution in [0.4, 0.5) is 0 Å². The summed E-state index contributed by atoms with van der Waals surface area (Å²) in [6.45, 7) is 5.90. The fraction of sp³-hybridized carbons (Fsp3) is 0.533. The van der Waals surface area contributed by atoms with Crippen LogP contribution in [0.15, 0.2) is 29.2 Å². The van der Waals surface area contributed by atoms with Gasteiger partial charge in [-0.2, -0.15) is 0 Å². The first-order valence-corrected chi connectivity index (χ1v) is 7.84. The number of hydrogen-bond acceptors (Lipinski definition) is 3. The average molecular weight is 278 g/mol. The van der Waals surface area contributed by atoms with Crippen LogP contribution < -0.4 is 10.6 Å². The van der Waals surface area contributed by atoms with Crippen LogP contribution in [0, 0.1) is 0 Å². The van der Waals surface area contributed by atoms with Crippen LogP contribution in [0.3, 0.4) is 0 Å². The molecule has 1 amide bonds. The molecule has 3 nitrogen and oxygen atoms in total. The van der Waals surface area contributed by atoms with E-state index in [0.717, 1.165) is 12.2 Å². The molecule has 2 atom stereocenters. The summed E-state index contributed by atoms with van der Waals surface area (Å²) < 4.78 is 0. The minimum atomic E-state index is -0.163. The van der Waals surface area contributed by atoms with E-state index in [1.165, 1.54) is 10.5 Å². The van der Waals surface area contributed by atoms with E-state index in [9.17, 15) is 4.79 Å². The van der Waals surface area contributed by atoms with Gasteiger partial charge in [-0.25, -0.2) is 0 Å². The molecule has 0 aliphatic carbocycles. The molecule has 0 fully saturated rings. The summed E-state index contributed by atoms with van der Waals surface area (Å²) in [7, 11) is 0. The van der Waals surface area contributed by atoms with Crippen molar-refractivity contribution in [1.82, 2.24) is 10.6 Å². The lowest BCUT2D eigenvalue weighted by atomic mass is 10.0. The average Bonchev–Trinajstić information content (AvgIpc) is 2.38. The third-order valence-electron chi connectivity index (χ3n) is 3.23. The molecule has 2 rings (SSSR count). The third kappa shape index (κ3) is 3.74. The van der Waals surface area contributed by atoms with Gasteiger partial charge in [-0.1, -0.05) is 18.2 Å². The molecule has 0 bridgehead atoms. The molecule has 104 valence electrons. The molecule has 1 heterocycles. The molecule has 1 aromatic rings. The van der Waals surface area contributed by atoms with Crippen molar-refractivity contribution in [2.75, 3.05) is 5.75 Å². The molecule has 2 unspecified atom stereocenters. The van der Waals surface area contributed by atoms with E-state index in [0.29, 0.717) is 0 Å². The highest BCUT2D eigenvalue weighted by Gasteiger charge is 2.24. The van der Waals surface area contributed by atoms with Crippen molar-refractivity contribution in [1.29, 1.82) is 0 Å². The smallest absolute Gasteiger partial charge is 0.237 e. The maximum Gasteiger partial charge on any atom is 0.237 e. The molecule has 1 aliphatic rings. The summed E-state index contributed by atoms with van der Waals surface area (Å²) >= 11 is 1.90. The number of thioether (sulfide) groups is 1. The van der Waals surface area contributed by atoms with E-state index < -0.39 is 0 Å². The van der Waals surface area contributed by atoms with Crippen molar-refractivity contribution in [2.45, 2.75) is 50.2 Å². The van der Waals surface area contributed by atoms with Gasteiger partial charge >= 0.3 is 0 Å². The summed E-state index contributed by atoms with van der Waals surface area (Å²) in [4.78, 5) is 13.3. The number of rotatable bonds is 4. The SMILES string of the molecule is CC(C)NC(=O)C(C)NC1CCSc2ccccc21. The van der Waals surface area contributed by atoms with E-state index in [2.05, 4.69) is 34.9 Å². The lowest BCUT2D eigenvalue weighted by Gasteiger charge is -2.28. The van der Waals surface area contributed by atoms with Crippen LogP contribution in [0.2, 0.25) is 0 Å². The fourth-order valence-electron chi connectivity index (χ4n) is 2.30. The highest BCUT2D eigenvalue weighted by molar-refractivity contribution is 7.99. The minimum absolute atomic E-state index is 0.0747. The fourth-order valence-corrected chi connectivity index (χ4v) is 3.43. The number of hydrogen-bond donors (Lipinski definition) is 2. The summed E-state index contributed by atoms with van der Waals surface area (Å²) in [6.07, 6.45) is 1.07. The van der Waals surface area contributed by atoms with E-state index >= 15 is 0 Å². The zero-order valence-corrected chi connectivity index (χ0v) is 12.6. The van der Waals surface area contributed by atoms with Crippen molar-refractivity contribution >= 4 is 17.7 Å². The number of carbonyl (C=O) groups excluding carboxylic acids is 1. The van der Waals surface area contributed by atoms with E-state index in [4.69, 9.17) is 0 Å². The van der Waals surface area contributed by atoms with Crippen LogP contribution in [-0.2, 0) is 4.79 Å². The van der Waals surface area contributed by atoms with Gasteiger partial charge in [0.1, 0.15) is 0 Å². The van der Waals surface area contributed by atoms with E-state index in [1.54, 1.807) is 0 Å². The highest BCUT2D eigenvalue weighted by atomic mass is 32.2. The molecule has 0 saturated heterocycles. The molecule has 1 aliphatic heterocycles. The molecule has 0 saturated carbocycles. The van der Waals surface area contributed by atoms with Crippen LogP contribution in [-0.4, -0.2) is 23.7 Å². The Hall–Kier alpha value is -1.00. The first-order chi connectivity index (χ1) is 9.08. The predicted octanol–water partition coefficient (Wildman–Crippen LogP) is 2.73. The molecule has 0 radical (unpaired) electrons. The summed E-state index contributed by atoms with van der Waals surface area (Å²) in [5.74, 6) is 1.18. The van der Waals surface area contributed by atoms with Gasteiger partial charge in [0.15, 0.2) is 0 Å². The molecule has 1 aromatic carbocycles. The number of carbonyl (C=O) groups is 1. The zero-order chi connectivity index (χ0) is 13.8. The van der Waals surface area contributed by atoms with Gasteiger partial charge in [-0.15, -0.1) is 11.8 Å². The minimum Gasteiger partial charge on any atom is -0.353 e. The molecule has 19 heavy (non-hydrogen) atoms. The zero-order valence-electron chi connectivity index (χ0n) is 11.8. The number of fused-ring (bicyclic) bond motifs is 1. The molecule has 0 spiro atoms. The Kier molecular flexibility index (Phi) is 4.88. The Morgan fingerprint density at radius 2 is 2.05 bits per heavy atom. The normalized spacial score (nSPS) is 19.9. The quantitative estimate of drug-likeness (QED) is 0.890. The Bertz CT molecular complexity index is 448. The van der Waals surface area contributed by atoms with Gasteiger partial charge in [0, 0.05) is 17.0 Å². The maximum atomic E-state index is 12.0. The summed E-state index contributed by atoms with van der Waals surface area (Å²) in [6, 6.07) is 8.76. The number of nitrogens with one attached hydrogen (secondary N) is 2. The molecule has 4 heteroatoms. The topological polar surface area (TPSA) is 41.1 Å². The second kappa shape index (κ2) is 6.44. The monoisotopic (exact) mass is 278 g/mol. The predicted molar refractivity (Wildman–Crippen MR) is 80.4 cm³/mol. The van der Waals surface area contributed by atoms with Crippen LogP contribution in [0.1, 0.15) is 38.8 Å². The second-order valence-corrected chi connectivity index (χ2v) is 6.42. The largest absolute Gasteiger partial charge is 0.353 e. The van der Waals surface area contributed by atoms with Crippen LogP contribution >= 0.6 is 11.8 Å². The van der Waals surface area contributed by atoms with Gasteiger partial charge < -0.3 is 5.32 Å². The van der Waals surface area contributed by atoms with Gasteiger partial charge in [0.25, 0.3) is 0 Å². The first-order valence-electron chi connectivity index (χ1n) is 6.86. The molecule has 0 aromatic heterocycles. The van der Waals surface area contributed by atoms with Crippen molar-refractivity contribution < 1.29 is 4.79 Å². The van der Waals surface area contributed by atoms with Crippen molar-refractivity contribution in [3.8, 4) is 0 Å². The van der Waals surface area contributed by atoms with Gasteiger partial charge in [0.2, 0.25) is 5.91 Å². The summed E-state index contributed by atoms with van der Waals surface area (Å²) in [5.41, 5.74) is 1.32. The third-order valence-corrected chi connectivity index (χ3v) is 4.36. The van der Waals surface area contributed by atoms with Gasteiger partial charge in [0.05, 0.1) is 6.04 Å². The number of amides is 1. The van der Waals surface area contributed by atoms with Gasteiger partial charge in [-0.05, 0) is 44.6 Å². The van der Waals surface area contributed by atoms with Crippen molar-refractivity contribution in [3.05, 3.63) is 29.8 Å². The first kappa shape index (κ1) is 14.4. The number of benzene rings is 1. The van der Waals surface area contributed by atoms with E-state index in [1.807, 2.05) is 32.5 Å². The summed E-state index contributed by atoms with van der Waals surface area (Å²) in [5, 5.41) is 6.40. The lowest BCUT2D eigenvalue weighted by Crippen LogP contribution is -2.46. The van der Waals surface area contributed by atoms with Crippen molar-refractivity contribution in [2.24, 2.45) is 0 Å². The Balaban J connectivity index is 2.02. The standard InChI is InChI=1S/C15H22N2OS/c1-10(2)16-15(18)11(3)17-13-8-9-19-14-7-5-4-6-12(13)14/h4-7,10-11,13,17H,8-9H2,1-3H3,(H,16,18). The molecule has 2 N–H and O–H groups in total. The maximum absolute atomic E-state index is 12.0. The Morgan fingerprint density at radius 1 is 1.32 bits per heavy atom. The second-order valence-electron chi connectivity index (χ2n) is 5.28. The Morgan fingerprint density at radius 3 is 2.79 bits per heavy atom. The van der Waals surface area contributed by atoms with E-state index in [-0.39, 0.29) is 24.0 Å². The molecular formula is C15H22N2OS. The lowest BCUT2D eigenvalue weighted by molar-refractivity contribution is -0.123. The van der Waals surface area contributed by atoms with Crippen LogP contribution in [0.5, 0.6) is 0 Å². The highest BCUT2D eigenvalue weighted by Crippen LogP contribution is 2.35. The van der Waals surface area contributed by atoms with Gasteiger partial charge in [-0.3, -0.25) is 10.1 Å². The van der Waals surface area contributed by atoms with Crippen LogP contribution in [0.25, 0.3) is 0 Å². The molecular weight excluding hydrogens is 256 g/mol. The van der Waals surface area contributed by atoms with Crippen molar-refractivity contribution in [3.63, 3.8) is 0 Å². The Labute approximate surface area is 119 Å².